The molecule has 1 aliphatic rings. The SMILES string of the molecule is C=C1NC(=O)N(C(C)C)C1=O. The highest BCUT2D eigenvalue weighted by Gasteiger charge is 2.33. The summed E-state index contributed by atoms with van der Waals surface area (Å²) in [7, 11) is 0. The molecule has 1 aliphatic heterocycles. The van der Waals surface area contributed by atoms with Gasteiger partial charge in [0.05, 0.1) is 0 Å². The Kier molecular flexibility index (Phi) is 1.68. The van der Waals surface area contributed by atoms with Gasteiger partial charge in [0, 0.05) is 6.04 Å². The Morgan fingerprint density at radius 3 is 2.18 bits per heavy atom. The Labute approximate surface area is 64.9 Å². The molecule has 0 spiro atoms. The number of urea groups is 1. The minimum absolute atomic E-state index is 0.109. The van der Waals surface area contributed by atoms with Crippen LogP contribution in [0.5, 0.6) is 0 Å². The van der Waals surface area contributed by atoms with E-state index in [2.05, 4.69) is 11.9 Å². The maximum Gasteiger partial charge on any atom is 0.329 e. The first kappa shape index (κ1) is 7.78. The molecule has 0 aromatic rings. The number of amides is 3. The van der Waals surface area contributed by atoms with Crippen molar-refractivity contribution >= 4 is 11.9 Å². The molecule has 1 heterocycles. The van der Waals surface area contributed by atoms with E-state index in [1.165, 1.54) is 0 Å². The van der Waals surface area contributed by atoms with E-state index in [1.54, 1.807) is 13.8 Å². The largest absolute Gasteiger partial charge is 0.329 e. The second-order valence-corrected chi connectivity index (χ2v) is 2.68. The number of hydrogen-bond donors (Lipinski definition) is 1. The third-order valence-corrected chi connectivity index (χ3v) is 1.47. The van der Waals surface area contributed by atoms with Crippen LogP contribution in [-0.2, 0) is 4.79 Å². The molecule has 0 aliphatic carbocycles. The van der Waals surface area contributed by atoms with Crippen molar-refractivity contribution in [2.24, 2.45) is 0 Å². The Bertz CT molecular complexity index is 233. The van der Waals surface area contributed by atoms with Crippen LogP contribution in [0.4, 0.5) is 4.79 Å². The van der Waals surface area contributed by atoms with Crippen LogP contribution in [0, 0.1) is 0 Å². The Morgan fingerprint density at radius 1 is 1.45 bits per heavy atom. The average molecular weight is 154 g/mol. The second kappa shape index (κ2) is 2.38. The van der Waals surface area contributed by atoms with Crippen molar-refractivity contribution in [1.29, 1.82) is 0 Å². The number of carbonyl (C=O) groups excluding carboxylic acids is 2. The molecule has 1 saturated heterocycles. The van der Waals surface area contributed by atoms with Crippen LogP contribution in [0.3, 0.4) is 0 Å². The molecule has 0 radical (unpaired) electrons. The molecule has 1 rings (SSSR count). The van der Waals surface area contributed by atoms with Gasteiger partial charge in [-0.2, -0.15) is 0 Å². The van der Waals surface area contributed by atoms with Crippen molar-refractivity contribution in [3.63, 3.8) is 0 Å². The zero-order valence-electron chi connectivity index (χ0n) is 6.55. The number of imide groups is 1. The maximum absolute atomic E-state index is 11.1. The summed E-state index contributed by atoms with van der Waals surface area (Å²) in [5, 5.41) is 2.34. The van der Waals surface area contributed by atoms with E-state index < -0.39 is 0 Å². The lowest BCUT2D eigenvalue weighted by Gasteiger charge is -2.15. The van der Waals surface area contributed by atoms with Gasteiger partial charge in [-0.1, -0.05) is 6.58 Å². The van der Waals surface area contributed by atoms with Crippen molar-refractivity contribution in [3.05, 3.63) is 12.3 Å². The fraction of sp³-hybridized carbons (Fsp3) is 0.429. The average Bonchev–Trinajstić information content (AvgIpc) is 2.07. The van der Waals surface area contributed by atoms with Gasteiger partial charge >= 0.3 is 6.03 Å². The Balaban J connectivity index is 2.88. The molecule has 4 nitrogen and oxygen atoms in total. The highest BCUT2D eigenvalue weighted by atomic mass is 16.2. The Morgan fingerprint density at radius 2 is 2.00 bits per heavy atom. The van der Waals surface area contributed by atoms with E-state index in [0.29, 0.717) is 0 Å². The van der Waals surface area contributed by atoms with E-state index in [-0.39, 0.29) is 23.7 Å². The zero-order chi connectivity index (χ0) is 8.59. The summed E-state index contributed by atoms with van der Waals surface area (Å²) in [5.41, 5.74) is 0.156. The minimum atomic E-state index is -0.380. The number of nitrogens with zero attached hydrogens (tertiary/aromatic N) is 1. The van der Waals surface area contributed by atoms with E-state index in [4.69, 9.17) is 0 Å². The number of carbonyl (C=O) groups is 2. The Hall–Kier alpha value is -1.32. The lowest BCUT2D eigenvalue weighted by Crippen LogP contribution is -2.36. The standard InChI is InChI=1S/C7H10N2O2/c1-4(2)9-6(10)5(3)8-7(9)11/h4H,3H2,1-2H3,(H,8,11). The molecule has 0 bridgehead atoms. The molecule has 1 fully saturated rings. The van der Waals surface area contributed by atoms with Crippen molar-refractivity contribution < 1.29 is 9.59 Å². The molecule has 0 aromatic heterocycles. The highest BCUT2D eigenvalue weighted by Crippen LogP contribution is 2.10. The summed E-state index contributed by atoms with van der Waals surface area (Å²) in [5.74, 6) is -0.329. The van der Waals surface area contributed by atoms with Crippen LogP contribution < -0.4 is 5.32 Å². The molecule has 4 heteroatoms. The van der Waals surface area contributed by atoms with Gasteiger partial charge in [-0.05, 0) is 13.8 Å². The lowest BCUT2D eigenvalue weighted by atomic mass is 10.3. The van der Waals surface area contributed by atoms with E-state index in [0.717, 1.165) is 4.90 Å². The summed E-state index contributed by atoms with van der Waals surface area (Å²) >= 11 is 0. The van der Waals surface area contributed by atoms with E-state index in [1.807, 2.05) is 0 Å². The van der Waals surface area contributed by atoms with Gasteiger partial charge in [-0.15, -0.1) is 0 Å². The predicted molar refractivity (Wildman–Crippen MR) is 39.7 cm³/mol. The molecule has 11 heavy (non-hydrogen) atoms. The molecular weight excluding hydrogens is 144 g/mol. The minimum Gasteiger partial charge on any atom is -0.303 e. The molecule has 3 amide bonds. The van der Waals surface area contributed by atoms with Crippen LogP contribution in [0.25, 0.3) is 0 Å². The first-order chi connectivity index (χ1) is 5.04. The zero-order valence-corrected chi connectivity index (χ0v) is 6.55. The summed E-state index contributed by atoms with van der Waals surface area (Å²) in [6.07, 6.45) is 0. The second-order valence-electron chi connectivity index (χ2n) is 2.68. The third kappa shape index (κ3) is 1.11. The van der Waals surface area contributed by atoms with Crippen LogP contribution in [0.15, 0.2) is 12.3 Å². The van der Waals surface area contributed by atoms with Gasteiger partial charge in [-0.25, -0.2) is 4.79 Å². The lowest BCUT2D eigenvalue weighted by molar-refractivity contribution is -0.124. The maximum atomic E-state index is 11.1. The van der Waals surface area contributed by atoms with Crippen molar-refractivity contribution in [2.45, 2.75) is 19.9 Å². The van der Waals surface area contributed by atoms with Gasteiger partial charge in [-0.3, -0.25) is 9.69 Å². The molecule has 0 saturated carbocycles. The number of nitrogens with one attached hydrogen (secondary N) is 1. The first-order valence-electron chi connectivity index (χ1n) is 3.37. The van der Waals surface area contributed by atoms with Crippen molar-refractivity contribution in [3.8, 4) is 0 Å². The molecule has 1 N–H and O–H groups in total. The van der Waals surface area contributed by atoms with Crippen molar-refractivity contribution in [1.82, 2.24) is 10.2 Å². The van der Waals surface area contributed by atoms with Gasteiger partial charge < -0.3 is 5.32 Å². The van der Waals surface area contributed by atoms with Gasteiger partial charge in [0.15, 0.2) is 0 Å². The monoisotopic (exact) mass is 154 g/mol. The predicted octanol–water partition coefficient (Wildman–Crippen LogP) is 0.460. The molecule has 0 aromatic carbocycles. The van der Waals surface area contributed by atoms with E-state index in [9.17, 15) is 9.59 Å². The van der Waals surface area contributed by atoms with Gasteiger partial charge in [0.25, 0.3) is 5.91 Å². The molecule has 60 valence electrons. The summed E-state index contributed by atoms with van der Waals surface area (Å²) in [4.78, 5) is 23.2. The fourth-order valence-electron chi connectivity index (χ4n) is 0.949. The number of rotatable bonds is 1. The molecular formula is C7H10N2O2. The number of hydrogen-bond acceptors (Lipinski definition) is 2. The topological polar surface area (TPSA) is 49.4 Å². The van der Waals surface area contributed by atoms with Crippen molar-refractivity contribution in [2.75, 3.05) is 0 Å². The smallest absolute Gasteiger partial charge is 0.303 e. The van der Waals surface area contributed by atoms with Crippen LogP contribution in [-0.4, -0.2) is 22.9 Å². The summed E-state index contributed by atoms with van der Waals surface area (Å²) < 4.78 is 0. The summed E-state index contributed by atoms with van der Waals surface area (Å²) in [6, 6.07) is -0.489. The van der Waals surface area contributed by atoms with Crippen LogP contribution in [0.1, 0.15) is 13.8 Å². The molecule has 0 unspecified atom stereocenters. The van der Waals surface area contributed by atoms with Gasteiger partial charge in [0.1, 0.15) is 5.70 Å². The highest BCUT2D eigenvalue weighted by molar-refractivity contribution is 6.11. The summed E-state index contributed by atoms with van der Waals surface area (Å²) in [6.45, 7) is 6.94. The van der Waals surface area contributed by atoms with E-state index >= 15 is 0 Å². The van der Waals surface area contributed by atoms with Crippen LogP contribution >= 0.6 is 0 Å². The van der Waals surface area contributed by atoms with Crippen LogP contribution in [0.2, 0.25) is 0 Å². The fourth-order valence-corrected chi connectivity index (χ4v) is 0.949. The quantitative estimate of drug-likeness (QED) is 0.440. The molecule has 0 atom stereocenters. The first-order valence-corrected chi connectivity index (χ1v) is 3.37. The van der Waals surface area contributed by atoms with Gasteiger partial charge in [0.2, 0.25) is 0 Å². The normalized spacial score (nSPS) is 18.1. The third-order valence-electron chi connectivity index (χ3n) is 1.47.